The molecule has 1 aliphatic heterocycles. The van der Waals surface area contributed by atoms with E-state index >= 15 is 0 Å². The average Bonchev–Trinajstić information content (AvgIpc) is 3.36. The molecule has 0 spiro atoms. The summed E-state index contributed by atoms with van der Waals surface area (Å²) < 4.78 is 15.9. The molecule has 10 nitrogen and oxygen atoms in total. The predicted octanol–water partition coefficient (Wildman–Crippen LogP) is 1.53. The topological polar surface area (TPSA) is 146 Å². The summed E-state index contributed by atoms with van der Waals surface area (Å²) >= 11 is 0. The molecule has 11 heteroatoms. The van der Waals surface area contributed by atoms with Crippen LogP contribution in [0.2, 0.25) is 19.5 Å². The lowest BCUT2D eigenvalue weighted by atomic mass is 10.1. The van der Waals surface area contributed by atoms with E-state index in [1.165, 1.54) is 17.2 Å². The van der Waals surface area contributed by atoms with E-state index in [0.717, 1.165) is 4.98 Å². The summed E-state index contributed by atoms with van der Waals surface area (Å²) in [4.78, 5) is 26.2. The first-order chi connectivity index (χ1) is 16.3. The number of aliphatic hydroxyl groups is 3. The molecule has 1 saturated heterocycles. The van der Waals surface area contributed by atoms with Crippen molar-refractivity contribution in [3.8, 4) is 0 Å². The van der Waals surface area contributed by atoms with Crippen LogP contribution in [0.4, 0.5) is 0 Å². The number of carbonyl (C=O) groups is 1. The lowest BCUT2D eigenvalue weighted by molar-refractivity contribution is -0.0673. The number of imidazole rings is 1. The molecular formula is C23H31N5O5Si. The first-order valence-corrected chi connectivity index (χ1v) is 14.1. The number of H-pyrrole nitrogens is 1. The molecule has 0 saturated carbocycles. The zero-order chi connectivity index (χ0) is 25.8. The second kappa shape index (κ2) is 8.50. The number of aromatic nitrogens is 4. The Morgan fingerprint density at radius 3 is 2.62 bits per heavy atom. The Morgan fingerprint density at radius 1 is 1.32 bits per heavy atom. The number of hydrogen-bond acceptors (Lipinski definition) is 7. The van der Waals surface area contributed by atoms with Gasteiger partial charge in [-0.2, -0.15) is 4.99 Å². The smallest absolute Gasteiger partial charge is 0.279 e. The van der Waals surface area contributed by atoms with Crippen LogP contribution in [0, 0.1) is 0 Å². The lowest BCUT2D eigenvalue weighted by Crippen LogP contribution is -2.67. The minimum absolute atomic E-state index is 0.0178. The van der Waals surface area contributed by atoms with Gasteiger partial charge in [-0.3, -0.25) is 9.36 Å². The fourth-order valence-corrected chi connectivity index (χ4v) is 7.26. The zero-order valence-corrected chi connectivity index (χ0v) is 20.9. The molecule has 0 aliphatic carbocycles. The molecule has 182 valence electrons. The van der Waals surface area contributed by atoms with Crippen molar-refractivity contribution in [2.75, 3.05) is 6.61 Å². The Kier molecular flexibility index (Phi) is 5.77. The molecule has 4 rings (SSSR count). The highest BCUT2D eigenvalue weighted by Crippen LogP contribution is 2.53. The molecule has 3 heterocycles. The number of ether oxygens (including phenoxy) is 1. The summed E-state index contributed by atoms with van der Waals surface area (Å²) in [6.07, 6.45) is -0.976. The highest BCUT2D eigenvalue weighted by Gasteiger charge is 2.67. The molecule has 3 aromatic rings. The van der Waals surface area contributed by atoms with Gasteiger partial charge < -0.3 is 25.0 Å². The van der Waals surface area contributed by atoms with Gasteiger partial charge in [-0.05, 0) is 17.2 Å². The number of nitrogens with one attached hydrogen (secondary N) is 1. The largest absolute Gasteiger partial charge is 0.394 e. The van der Waals surface area contributed by atoms with E-state index in [2.05, 4.69) is 15.0 Å². The standard InChI is InChI=1S/C23H31N5O5Si/c1-22(2,3)34(4,5)23(32)17(30)15(11-29)33-21(23)28-13-26-16-18(24-12-25-19(16)28)27-20(31)14-9-7-6-8-10-14/h6-10,12-13,15,17,21,29-30,32H,11H2,1-5H3,(H,24,25,27,31)/t15-,17-,21-,23+/m1/s1/i/hD. The van der Waals surface area contributed by atoms with Crippen LogP contribution in [0.3, 0.4) is 0 Å². The van der Waals surface area contributed by atoms with Gasteiger partial charge in [0.25, 0.3) is 5.91 Å². The maximum atomic E-state index is 12.7. The van der Waals surface area contributed by atoms with Crippen LogP contribution in [0.25, 0.3) is 11.2 Å². The molecule has 0 radical (unpaired) electrons. The van der Waals surface area contributed by atoms with Crippen molar-refractivity contribution in [2.45, 2.75) is 62.6 Å². The van der Waals surface area contributed by atoms with E-state index in [9.17, 15) is 20.1 Å². The molecule has 1 aromatic carbocycles. The monoisotopic (exact) mass is 486 g/mol. The Labute approximate surface area is 199 Å². The van der Waals surface area contributed by atoms with Gasteiger partial charge in [0.15, 0.2) is 18.6 Å². The third kappa shape index (κ3) is 3.64. The highest BCUT2D eigenvalue weighted by molar-refractivity contribution is 6.83. The molecule has 1 aliphatic rings. The summed E-state index contributed by atoms with van der Waals surface area (Å²) in [6, 6.07) is 8.52. The van der Waals surface area contributed by atoms with Gasteiger partial charge in [0.2, 0.25) is 0 Å². The van der Waals surface area contributed by atoms with Crippen molar-refractivity contribution in [1.29, 1.82) is 0 Å². The molecule has 2 aromatic heterocycles. The van der Waals surface area contributed by atoms with Crippen LogP contribution in [-0.4, -0.2) is 72.9 Å². The third-order valence-corrected chi connectivity index (χ3v) is 13.7. The molecule has 0 unspecified atom stereocenters. The molecule has 34 heavy (non-hydrogen) atoms. The number of carbonyl (C=O) groups excluding carboxylic acids is 1. The van der Waals surface area contributed by atoms with E-state index in [1.54, 1.807) is 30.3 Å². The summed E-state index contributed by atoms with van der Waals surface area (Å²) in [5.41, 5.74) is 0.733. The summed E-state index contributed by atoms with van der Waals surface area (Å²) in [5.74, 6) is -0.512. The van der Waals surface area contributed by atoms with E-state index in [1.807, 2.05) is 33.9 Å². The third-order valence-electron chi connectivity index (χ3n) is 7.36. The number of hydrogen-bond donors (Lipinski definition) is 4. The van der Waals surface area contributed by atoms with Crippen molar-refractivity contribution in [1.82, 2.24) is 19.5 Å². The van der Waals surface area contributed by atoms with Crippen molar-refractivity contribution >= 4 is 25.1 Å². The van der Waals surface area contributed by atoms with E-state index < -0.39 is 44.2 Å². The summed E-state index contributed by atoms with van der Waals surface area (Å²) in [7, 11) is -2.77. The first kappa shape index (κ1) is 23.1. The van der Waals surface area contributed by atoms with E-state index in [4.69, 9.17) is 6.15 Å². The molecular weight excluding hydrogens is 454 g/mol. The number of fused-ring (bicyclic) bond motifs is 1. The number of benzene rings is 1. The van der Waals surface area contributed by atoms with E-state index in [-0.39, 0.29) is 21.7 Å². The van der Waals surface area contributed by atoms with Crippen molar-refractivity contribution in [2.24, 2.45) is 4.99 Å². The number of rotatable bonds is 4. The maximum absolute atomic E-state index is 12.7. The quantitative estimate of drug-likeness (QED) is 0.409. The summed E-state index contributed by atoms with van der Waals surface area (Å²) in [6.45, 7) is 9.43. The maximum Gasteiger partial charge on any atom is 0.279 e. The van der Waals surface area contributed by atoms with Crippen LogP contribution in [-0.2, 0) is 4.74 Å². The Morgan fingerprint density at radius 2 is 2.00 bits per heavy atom. The second-order valence-corrected chi connectivity index (χ2v) is 15.7. The fraction of sp³-hybridized carbons (Fsp3) is 0.478. The van der Waals surface area contributed by atoms with Crippen LogP contribution in [0.5, 0.6) is 0 Å². The van der Waals surface area contributed by atoms with Crippen LogP contribution in [0.15, 0.2) is 48.0 Å². The number of aliphatic hydroxyl groups excluding tert-OH is 2. The van der Waals surface area contributed by atoms with Crippen molar-refractivity contribution in [3.63, 3.8) is 0 Å². The first-order valence-electron chi connectivity index (χ1n) is 11.5. The highest BCUT2D eigenvalue weighted by atomic mass is 28.3. The molecule has 1 fully saturated rings. The molecule has 1 amide bonds. The second-order valence-electron chi connectivity index (χ2n) is 10.2. The molecule has 0 bridgehead atoms. The number of nitrogens with zero attached hydrogens (tertiary/aromatic N) is 4. The zero-order valence-electron chi connectivity index (χ0n) is 20.9. The Balaban J connectivity index is 1.91. The fourth-order valence-electron chi connectivity index (χ4n) is 4.31. The van der Waals surface area contributed by atoms with Crippen LogP contribution in [0.1, 0.15) is 37.4 Å². The summed E-state index contributed by atoms with van der Waals surface area (Å²) in [5, 5.41) is 31.1. The minimum Gasteiger partial charge on any atom is -0.394 e. The van der Waals surface area contributed by atoms with Gasteiger partial charge in [-0.1, -0.05) is 52.1 Å². The normalized spacial score (nSPS) is 26.8. The van der Waals surface area contributed by atoms with Gasteiger partial charge in [0.05, 0.1) is 27.3 Å². The van der Waals surface area contributed by atoms with E-state index in [0.29, 0.717) is 5.56 Å². The van der Waals surface area contributed by atoms with Gasteiger partial charge in [0.1, 0.15) is 23.1 Å². The SMILES string of the molecule is [2H]n1cnc(=NC(=O)c2ccccc2)c2ncn([C@@H]3O[C@H](CO)[C@@H](O)[C@]3(O)[Si](C)(C)C(C)(C)C)c21. The van der Waals surface area contributed by atoms with Crippen molar-refractivity contribution in [3.05, 3.63) is 54.0 Å². The van der Waals surface area contributed by atoms with Crippen LogP contribution < -0.4 is 5.49 Å². The molecule has 4 atom stereocenters. The predicted molar refractivity (Wildman–Crippen MR) is 127 cm³/mol. The van der Waals surface area contributed by atoms with Gasteiger partial charge in [0, 0.05) is 5.56 Å². The van der Waals surface area contributed by atoms with Gasteiger partial charge in [-0.25, -0.2) is 9.97 Å². The Bertz CT molecular complexity index is 1320. The van der Waals surface area contributed by atoms with Gasteiger partial charge >= 0.3 is 0 Å². The van der Waals surface area contributed by atoms with Crippen LogP contribution >= 0.6 is 0 Å². The Hall–Kier alpha value is -2.70. The van der Waals surface area contributed by atoms with Gasteiger partial charge in [-0.15, -0.1) is 0 Å². The number of aromatic amines is 1. The van der Waals surface area contributed by atoms with Crippen molar-refractivity contribution < 1.29 is 26.3 Å². The minimum atomic E-state index is -2.77. The molecule has 4 N–H and O–H groups in total. The lowest BCUT2D eigenvalue weighted by Gasteiger charge is -2.50. The average molecular weight is 487 g/mol. The number of amides is 1.